The lowest BCUT2D eigenvalue weighted by molar-refractivity contribution is -0.208. The molecule has 3 fully saturated rings. The molecule has 86 valence electrons. The Hall–Kier alpha value is 0.400. The molecule has 1 spiro atoms. The summed E-state index contributed by atoms with van der Waals surface area (Å²) in [6.07, 6.45) is 1.25. The largest absolute Gasteiger partial charge is 0.346 e. The SMILES string of the molecule is C[C@H]1[C@H]2C[C@@H]([C@H](Br)C23OCCO3)C1(C)C. The predicted octanol–water partition coefficient (Wildman–Crippen LogP) is 2.81. The highest BCUT2D eigenvalue weighted by molar-refractivity contribution is 9.09. The lowest BCUT2D eigenvalue weighted by Crippen LogP contribution is -2.53. The van der Waals surface area contributed by atoms with E-state index in [1.807, 2.05) is 0 Å². The van der Waals surface area contributed by atoms with Gasteiger partial charge in [0.25, 0.3) is 0 Å². The zero-order valence-electron chi connectivity index (χ0n) is 9.63. The van der Waals surface area contributed by atoms with Gasteiger partial charge >= 0.3 is 0 Å². The van der Waals surface area contributed by atoms with E-state index in [4.69, 9.17) is 9.47 Å². The topological polar surface area (TPSA) is 18.5 Å². The molecule has 0 unspecified atom stereocenters. The van der Waals surface area contributed by atoms with Crippen molar-refractivity contribution in [1.29, 1.82) is 0 Å². The summed E-state index contributed by atoms with van der Waals surface area (Å²) in [6.45, 7) is 8.66. The van der Waals surface area contributed by atoms with Crippen LogP contribution in [0.5, 0.6) is 0 Å². The van der Waals surface area contributed by atoms with Gasteiger partial charge in [0.1, 0.15) is 0 Å². The minimum Gasteiger partial charge on any atom is -0.346 e. The van der Waals surface area contributed by atoms with Gasteiger partial charge in [0.05, 0.1) is 18.0 Å². The van der Waals surface area contributed by atoms with Gasteiger partial charge in [-0.15, -0.1) is 0 Å². The van der Waals surface area contributed by atoms with Crippen molar-refractivity contribution < 1.29 is 9.47 Å². The van der Waals surface area contributed by atoms with Gasteiger partial charge in [-0.2, -0.15) is 0 Å². The molecular weight excluding hydrogens is 256 g/mol. The number of ether oxygens (including phenoxy) is 2. The van der Waals surface area contributed by atoms with Crippen molar-refractivity contribution in [1.82, 2.24) is 0 Å². The van der Waals surface area contributed by atoms with Crippen LogP contribution in [0, 0.1) is 23.2 Å². The Morgan fingerprint density at radius 2 is 1.73 bits per heavy atom. The molecule has 0 aromatic rings. The van der Waals surface area contributed by atoms with Crippen LogP contribution in [0.2, 0.25) is 0 Å². The highest BCUT2D eigenvalue weighted by Crippen LogP contribution is 2.66. The second kappa shape index (κ2) is 2.99. The van der Waals surface area contributed by atoms with Gasteiger partial charge in [-0.25, -0.2) is 0 Å². The molecule has 0 amide bonds. The number of hydrogen-bond donors (Lipinski definition) is 0. The third-order valence-electron chi connectivity index (χ3n) is 5.23. The molecule has 2 saturated carbocycles. The molecule has 2 bridgehead atoms. The minimum absolute atomic E-state index is 0.292. The highest BCUT2D eigenvalue weighted by Gasteiger charge is 2.69. The van der Waals surface area contributed by atoms with Gasteiger partial charge in [0.15, 0.2) is 5.79 Å². The molecule has 0 aromatic carbocycles. The molecule has 0 N–H and O–H groups in total. The fraction of sp³-hybridized carbons (Fsp3) is 1.00. The van der Waals surface area contributed by atoms with Crippen LogP contribution in [0.1, 0.15) is 27.2 Å². The van der Waals surface area contributed by atoms with E-state index >= 15 is 0 Å². The van der Waals surface area contributed by atoms with Gasteiger partial charge in [0.2, 0.25) is 0 Å². The first-order chi connectivity index (χ1) is 7.00. The molecule has 1 aliphatic heterocycles. The number of alkyl halides is 1. The number of rotatable bonds is 0. The van der Waals surface area contributed by atoms with Crippen molar-refractivity contribution in [2.75, 3.05) is 13.2 Å². The van der Waals surface area contributed by atoms with Crippen molar-refractivity contribution >= 4 is 15.9 Å². The van der Waals surface area contributed by atoms with E-state index in [-0.39, 0.29) is 5.79 Å². The van der Waals surface area contributed by atoms with Crippen LogP contribution >= 0.6 is 15.9 Å². The van der Waals surface area contributed by atoms with E-state index in [0.29, 0.717) is 28.0 Å². The Bertz CT molecular complexity index is 283. The molecule has 4 atom stereocenters. The van der Waals surface area contributed by atoms with E-state index in [9.17, 15) is 0 Å². The van der Waals surface area contributed by atoms with Gasteiger partial charge in [-0.05, 0) is 23.7 Å². The van der Waals surface area contributed by atoms with Gasteiger partial charge in [0, 0.05) is 5.92 Å². The average molecular weight is 275 g/mol. The number of hydrogen-bond acceptors (Lipinski definition) is 2. The number of fused-ring (bicyclic) bond motifs is 3. The molecule has 15 heavy (non-hydrogen) atoms. The zero-order chi connectivity index (χ0) is 10.8. The molecule has 0 aromatic heterocycles. The Morgan fingerprint density at radius 1 is 1.13 bits per heavy atom. The molecule has 0 radical (unpaired) electrons. The molecule has 3 heteroatoms. The average Bonchev–Trinajstić information content (AvgIpc) is 2.80. The third-order valence-corrected chi connectivity index (χ3v) is 6.51. The summed E-state index contributed by atoms with van der Waals surface area (Å²) >= 11 is 3.83. The fourth-order valence-corrected chi connectivity index (χ4v) is 5.45. The quantitative estimate of drug-likeness (QED) is 0.633. The third kappa shape index (κ3) is 1.07. The van der Waals surface area contributed by atoms with Crippen molar-refractivity contribution in [3.8, 4) is 0 Å². The predicted molar refractivity (Wildman–Crippen MR) is 61.9 cm³/mol. The van der Waals surface area contributed by atoms with Crippen LogP contribution in [-0.4, -0.2) is 23.8 Å². The van der Waals surface area contributed by atoms with Crippen molar-refractivity contribution in [2.24, 2.45) is 23.2 Å². The van der Waals surface area contributed by atoms with Crippen LogP contribution in [0.25, 0.3) is 0 Å². The highest BCUT2D eigenvalue weighted by atomic mass is 79.9. The lowest BCUT2D eigenvalue weighted by Gasteiger charge is -2.47. The second-order valence-electron chi connectivity index (χ2n) is 5.88. The van der Waals surface area contributed by atoms with E-state index in [1.54, 1.807) is 0 Å². The van der Waals surface area contributed by atoms with Gasteiger partial charge in [-0.3, -0.25) is 0 Å². The van der Waals surface area contributed by atoms with Crippen LogP contribution < -0.4 is 0 Å². The fourth-order valence-electron chi connectivity index (χ4n) is 3.95. The summed E-state index contributed by atoms with van der Waals surface area (Å²) in [5.74, 6) is 1.66. The monoisotopic (exact) mass is 274 g/mol. The first-order valence-corrected chi connectivity index (χ1v) is 6.83. The van der Waals surface area contributed by atoms with Crippen molar-refractivity contribution in [3.05, 3.63) is 0 Å². The molecule has 2 nitrogen and oxygen atoms in total. The maximum absolute atomic E-state index is 5.94. The van der Waals surface area contributed by atoms with Crippen LogP contribution in [-0.2, 0) is 9.47 Å². The van der Waals surface area contributed by atoms with Crippen molar-refractivity contribution in [2.45, 2.75) is 37.8 Å². The lowest BCUT2D eigenvalue weighted by atomic mass is 9.67. The van der Waals surface area contributed by atoms with Crippen LogP contribution in [0.15, 0.2) is 0 Å². The maximum Gasteiger partial charge on any atom is 0.184 e. The van der Waals surface area contributed by atoms with Crippen LogP contribution in [0.4, 0.5) is 0 Å². The summed E-state index contributed by atoms with van der Waals surface area (Å²) in [7, 11) is 0. The first kappa shape index (κ1) is 10.5. The summed E-state index contributed by atoms with van der Waals surface area (Å²) in [6, 6.07) is 0. The molecule has 1 heterocycles. The molecule has 3 rings (SSSR count). The van der Waals surface area contributed by atoms with E-state index in [2.05, 4.69) is 36.7 Å². The molecular formula is C12H19BrO2. The molecule has 3 aliphatic rings. The van der Waals surface area contributed by atoms with Gasteiger partial charge < -0.3 is 9.47 Å². The second-order valence-corrected chi connectivity index (χ2v) is 6.87. The normalized spacial score (nSPS) is 50.4. The smallest absolute Gasteiger partial charge is 0.184 e. The van der Waals surface area contributed by atoms with E-state index < -0.39 is 0 Å². The standard InChI is InChI=1S/C12H19BrO2/c1-7-8-6-9(11(7,2)3)10(13)12(8)14-4-5-15-12/h7-10H,4-6H2,1-3H3/t7-,8+,9-,10-/m0/s1. The van der Waals surface area contributed by atoms with E-state index in [1.165, 1.54) is 6.42 Å². The molecule has 2 aliphatic carbocycles. The summed E-state index contributed by atoms with van der Waals surface area (Å²) in [5.41, 5.74) is 0.416. The maximum atomic E-state index is 5.94. The minimum atomic E-state index is -0.292. The van der Waals surface area contributed by atoms with Crippen molar-refractivity contribution in [3.63, 3.8) is 0 Å². The summed E-state index contributed by atoms with van der Waals surface area (Å²) in [4.78, 5) is 0.378. The Balaban J connectivity index is 1.99. The zero-order valence-corrected chi connectivity index (χ0v) is 11.2. The number of halogens is 1. The van der Waals surface area contributed by atoms with Crippen LogP contribution in [0.3, 0.4) is 0 Å². The Morgan fingerprint density at radius 3 is 2.27 bits per heavy atom. The Labute approximate surface area is 99.8 Å². The summed E-state index contributed by atoms with van der Waals surface area (Å²) < 4.78 is 11.9. The first-order valence-electron chi connectivity index (χ1n) is 5.92. The van der Waals surface area contributed by atoms with E-state index in [0.717, 1.165) is 13.2 Å². The van der Waals surface area contributed by atoms with Gasteiger partial charge in [-0.1, -0.05) is 36.7 Å². The summed E-state index contributed by atoms with van der Waals surface area (Å²) in [5, 5.41) is 0. The Kier molecular flexibility index (Phi) is 2.10. The molecule has 1 saturated heterocycles.